The highest BCUT2D eigenvalue weighted by molar-refractivity contribution is 6.06. The summed E-state index contributed by atoms with van der Waals surface area (Å²) in [5.41, 5.74) is 7.11. The van der Waals surface area contributed by atoms with Crippen molar-refractivity contribution in [3.63, 3.8) is 0 Å². The third kappa shape index (κ3) is 4.06. The van der Waals surface area contributed by atoms with Gasteiger partial charge in [0.2, 0.25) is 5.76 Å². The molecule has 0 aliphatic heterocycles. The number of esters is 1. The van der Waals surface area contributed by atoms with Crippen LogP contribution >= 0.6 is 0 Å². The molecule has 29 heavy (non-hydrogen) atoms. The van der Waals surface area contributed by atoms with Crippen LogP contribution in [0.1, 0.15) is 45.8 Å². The second-order valence-corrected chi connectivity index (χ2v) is 7.09. The fourth-order valence-electron chi connectivity index (χ4n) is 3.39. The van der Waals surface area contributed by atoms with E-state index in [9.17, 15) is 9.18 Å². The molecule has 0 unspecified atom stereocenters. The molecule has 5 nitrogen and oxygen atoms in total. The smallest absolute Gasteiger partial charge is 0.379 e. The number of halogens is 1. The van der Waals surface area contributed by atoms with Gasteiger partial charge in [-0.3, -0.25) is 5.43 Å². The Bertz CT molecular complexity index is 1070. The van der Waals surface area contributed by atoms with Crippen LogP contribution in [0, 0.1) is 19.7 Å². The number of carbonyl (C=O) groups is 1. The van der Waals surface area contributed by atoms with Crippen molar-refractivity contribution >= 4 is 17.4 Å². The predicted octanol–water partition coefficient (Wildman–Crippen LogP) is 5.41. The maximum Gasteiger partial charge on any atom is 0.379 e. The number of furan rings is 1. The number of carbonyl (C=O) groups excluding carboxylic acids is 1. The summed E-state index contributed by atoms with van der Waals surface area (Å²) in [5.74, 6) is 0.592. The maximum absolute atomic E-state index is 13.1. The van der Waals surface area contributed by atoms with Crippen LogP contribution in [0.4, 0.5) is 10.1 Å². The topological polar surface area (TPSA) is 63.8 Å². The molecule has 2 aromatic carbocycles. The van der Waals surface area contributed by atoms with Gasteiger partial charge < -0.3 is 9.15 Å². The molecule has 1 N–H and O–H groups in total. The number of nitrogens with zero attached hydrogens (tertiary/aromatic N) is 1. The molecule has 0 radical (unpaired) electrons. The fourth-order valence-corrected chi connectivity index (χ4v) is 3.39. The normalized spacial score (nSPS) is 14.5. The second kappa shape index (κ2) is 7.91. The molecule has 0 spiro atoms. The van der Waals surface area contributed by atoms with E-state index in [0.29, 0.717) is 11.4 Å². The molecule has 148 valence electrons. The molecule has 1 aliphatic carbocycles. The van der Waals surface area contributed by atoms with Gasteiger partial charge >= 0.3 is 5.97 Å². The van der Waals surface area contributed by atoms with Gasteiger partial charge in [0.25, 0.3) is 0 Å². The summed E-state index contributed by atoms with van der Waals surface area (Å²) < 4.78 is 24.4. The summed E-state index contributed by atoms with van der Waals surface area (Å²) >= 11 is 0. The minimum Gasteiger partial charge on any atom is -0.453 e. The Morgan fingerprint density at radius 3 is 2.52 bits per heavy atom. The molecule has 1 aliphatic rings. The largest absolute Gasteiger partial charge is 0.453 e. The van der Waals surface area contributed by atoms with Crippen LogP contribution in [0.15, 0.2) is 58.0 Å². The van der Waals surface area contributed by atoms with Crippen molar-refractivity contribution in [1.82, 2.24) is 0 Å². The molecule has 6 heteroatoms. The Labute approximate surface area is 168 Å². The van der Waals surface area contributed by atoms with Gasteiger partial charge in [-0.15, -0.1) is 0 Å². The van der Waals surface area contributed by atoms with E-state index < -0.39 is 5.97 Å². The Balaban J connectivity index is 1.58. The van der Waals surface area contributed by atoms with Crippen molar-refractivity contribution in [3.8, 4) is 5.75 Å². The minimum atomic E-state index is -0.522. The predicted molar refractivity (Wildman–Crippen MR) is 109 cm³/mol. The van der Waals surface area contributed by atoms with Gasteiger partial charge in [0.15, 0.2) is 0 Å². The second-order valence-electron chi connectivity index (χ2n) is 7.09. The first kappa shape index (κ1) is 18.9. The van der Waals surface area contributed by atoms with Gasteiger partial charge in [-0.05, 0) is 63.1 Å². The summed E-state index contributed by atoms with van der Waals surface area (Å²) in [6.07, 6.45) is 2.37. The van der Waals surface area contributed by atoms with Gasteiger partial charge in [-0.2, -0.15) is 5.10 Å². The molecule has 1 aromatic heterocycles. The first-order valence-corrected chi connectivity index (χ1v) is 9.51. The summed E-state index contributed by atoms with van der Waals surface area (Å²) in [6, 6.07) is 13.3. The summed E-state index contributed by atoms with van der Waals surface area (Å²) in [7, 11) is 0. The van der Waals surface area contributed by atoms with Crippen LogP contribution in [0.3, 0.4) is 0 Å². The van der Waals surface area contributed by atoms with E-state index in [1.54, 1.807) is 24.3 Å². The molecule has 0 amide bonds. The van der Waals surface area contributed by atoms with E-state index in [1.165, 1.54) is 12.1 Å². The van der Waals surface area contributed by atoms with E-state index in [0.717, 1.165) is 47.4 Å². The number of rotatable bonds is 4. The van der Waals surface area contributed by atoms with Crippen molar-refractivity contribution in [2.75, 3.05) is 5.43 Å². The van der Waals surface area contributed by atoms with Crippen molar-refractivity contribution in [1.29, 1.82) is 0 Å². The Kier molecular flexibility index (Phi) is 5.16. The van der Waals surface area contributed by atoms with Gasteiger partial charge in [0.1, 0.15) is 17.3 Å². The van der Waals surface area contributed by atoms with Crippen LogP contribution in [-0.2, 0) is 6.42 Å². The van der Waals surface area contributed by atoms with Crippen molar-refractivity contribution in [2.24, 2.45) is 5.10 Å². The van der Waals surface area contributed by atoms with Crippen LogP contribution < -0.4 is 10.2 Å². The summed E-state index contributed by atoms with van der Waals surface area (Å²) in [4.78, 5) is 12.6. The number of ether oxygens (including phenoxy) is 1. The Hall–Kier alpha value is -3.41. The lowest BCUT2D eigenvalue weighted by Crippen LogP contribution is -2.13. The monoisotopic (exact) mass is 392 g/mol. The zero-order valence-corrected chi connectivity index (χ0v) is 16.3. The quantitative estimate of drug-likeness (QED) is 0.366. The Morgan fingerprint density at radius 1 is 1.07 bits per heavy atom. The number of hydrogen-bond donors (Lipinski definition) is 1. The molecular formula is C23H21FN2O3. The molecule has 0 fully saturated rings. The first-order valence-electron chi connectivity index (χ1n) is 9.51. The third-order valence-electron chi connectivity index (χ3n) is 4.91. The van der Waals surface area contributed by atoms with Crippen molar-refractivity contribution < 1.29 is 18.3 Å². The van der Waals surface area contributed by atoms with Gasteiger partial charge in [-0.25, -0.2) is 9.18 Å². The Morgan fingerprint density at radius 2 is 1.79 bits per heavy atom. The van der Waals surface area contributed by atoms with Gasteiger partial charge in [-0.1, -0.05) is 17.7 Å². The number of nitrogens with one attached hydrogen (secondary N) is 1. The summed E-state index contributed by atoms with van der Waals surface area (Å²) in [6.45, 7) is 3.81. The standard InChI is InChI=1S/C23H21FN2O3/c1-14-6-12-18(13-7-14)28-23(27)22-15(2)21-19(4-3-5-20(21)29-22)26-25-17-10-8-16(24)9-11-17/h6-13,25H,3-5H2,1-2H3/b26-19+. The number of hydrazone groups is 1. The fraction of sp³-hybridized carbons (Fsp3) is 0.217. The summed E-state index contributed by atoms with van der Waals surface area (Å²) in [5, 5.41) is 4.48. The molecule has 1 heterocycles. The molecule has 4 rings (SSSR count). The van der Waals surface area contributed by atoms with Crippen molar-refractivity contribution in [2.45, 2.75) is 33.1 Å². The average Bonchev–Trinajstić information content (AvgIpc) is 3.07. The molecule has 0 atom stereocenters. The zero-order valence-electron chi connectivity index (χ0n) is 16.3. The van der Waals surface area contributed by atoms with E-state index in [-0.39, 0.29) is 11.6 Å². The molecule has 0 saturated carbocycles. The van der Waals surface area contributed by atoms with E-state index in [1.807, 2.05) is 26.0 Å². The highest BCUT2D eigenvalue weighted by Crippen LogP contribution is 2.31. The SMILES string of the molecule is Cc1ccc(OC(=O)c2oc3c(c2C)/C(=N/Nc2ccc(F)cc2)CCC3)cc1. The molecule has 0 bridgehead atoms. The first-order chi connectivity index (χ1) is 14.0. The minimum absolute atomic E-state index is 0.201. The number of aryl methyl sites for hydroxylation is 2. The van der Waals surface area contributed by atoms with E-state index >= 15 is 0 Å². The molecule has 3 aromatic rings. The van der Waals surface area contributed by atoms with E-state index in [4.69, 9.17) is 9.15 Å². The number of hydrogen-bond acceptors (Lipinski definition) is 5. The van der Waals surface area contributed by atoms with Crippen molar-refractivity contribution in [3.05, 3.63) is 82.6 Å². The zero-order chi connectivity index (χ0) is 20.4. The lowest BCUT2D eigenvalue weighted by atomic mass is 9.93. The highest BCUT2D eigenvalue weighted by atomic mass is 19.1. The van der Waals surface area contributed by atoms with Crippen LogP contribution in [0.2, 0.25) is 0 Å². The number of fused-ring (bicyclic) bond motifs is 1. The molecular weight excluding hydrogens is 371 g/mol. The van der Waals surface area contributed by atoms with Crippen LogP contribution in [0.25, 0.3) is 0 Å². The van der Waals surface area contributed by atoms with Crippen LogP contribution in [-0.4, -0.2) is 11.7 Å². The lowest BCUT2D eigenvalue weighted by Gasteiger charge is -2.13. The third-order valence-corrected chi connectivity index (χ3v) is 4.91. The number of anilines is 1. The lowest BCUT2D eigenvalue weighted by molar-refractivity contribution is 0.0698. The van der Waals surface area contributed by atoms with E-state index in [2.05, 4.69) is 10.5 Å². The highest BCUT2D eigenvalue weighted by Gasteiger charge is 2.29. The molecule has 0 saturated heterocycles. The van der Waals surface area contributed by atoms with Crippen LogP contribution in [0.5, 0.6) is 5.75 Å². The maximum atomic E-state index is 13.1. The average molecular weight is 392 g/mol. The van der Waals surface area contributed by atoms with Gasteiger partial charge in [0.05, 0.1) is 11.4 Å². The van der Waals surface area contributed by atoms with Gasteiger partial charge in [0, 0.05) is 17.5 Å². The number of benzene rings is 2.